The second-order valence-electron chi connectivity index (χ2n) is 6.50. The number of hydrogen-bond acceptors (Lipinski definition) is 5. The van der Waals surface area contributed by atoms with Crippen LogP contribution in [0.1, 0.15) is 34.9 Å². The van der Waals surface area contributed by atoms with Gasteiger partial charge in [0.2, 0.25) is 0 Å². The van der Waals surface area contributed by atoms with Crippen LogP contribution in [-0.4, -0.2) is 35.0 Å². The lowest BCUT2D eigenvalue weighted by molar-refractivity contribution is -0.385. The Labute approximate surface area is 150 Å². The second-order valence-corrected chi connectivity index (χ2v) is 6.50. The van der Waals surface area contributed by atoms with E-state index in [0.29, 0.717) is 30.0 Å². The normalized spacial score (nSPS) is 22.0. The number of nitro benzene ring substituents is 1. The van der Waals surface area contributed by atoms with Crippen LogP contribution in [0.5, 0.6) is 0 Å². The van der Waals surface area contributed by atoms with E-state index in [-0.39, 0.29) is 17.7 Å². The number of ether oxygens (including phenoxy) is 1. The average Bonchev–Trinajstić information content (AvgIpc) is 3.17. The number of carbonyl (C=O) groups is 1. The van der Waals surface area contributed by atoms with E-state index in [9.17, 15) is 14.9 Å². The molecule has 0 aromatic heterocycles. The third kappa shape index (κ3) is 2.90. The van der Waals surface area contributed by atoms with Gasteiger partial charge in [-0.3, -0.25) is 14.9 Å². The second kappa shape index (κ2) is 6.76. The Morgan fingerprint density at radius 1 is 1.19 bits per heavy atom. The van der Waals surface area contributed by atoms with Gasteiger partial charge in [0.15, 0.2) is 0 Å². The fraction of sp³-hybridized carbons (Fsp3) is 0.316. The monoisotopic (exact) mass is 353 g/mol. The SMILES string of the molecule is O=C1c2ccccc2NC(c2ccccc2[N+](=O)[O-])N1CC1CCCO1. The van der Waals surface area contributed by atoms with Gasteiger partial charge in [-0.15, -0.1) is 0 Å². The number of nitrogens with zero attached hydrogens (tertiary/aromatic N) is 2. The van der Waals surface area contributed by atoms with Crippen LogP contribution in [0.2, 0.25) is 0 Å². The Morgan fingerprint density at radius 3 is 2.73 bits per heavy atom. The van der Waals surface area contributed by atoms with E-state index in [1.165, 1.54) is 6.07 Å². The van der Waals surface area contributed by atoms with E-state index in [0.717, 1.165) is 12.8 Å². The third-order valence-electron chi connectivity index (χ3n) is 4.87. The molecule has 2 aromatic rings. The smallest absolute Gasteiger partial charge is 0.276 e. The van der Waals surface area contributed by atoms with Crippen molar-refractivity contribution in [3.63, 3.8) is 0 Å². The van der Waals surface area contributed by atoms with Crippen molar-refractivity contribution in [2.75, 3.05) is 18.5 Å². The molecule has 7 heteroatoms. The van der Waals surface area contributed by atoms with E-state index in [1.54, 1.807) is 29.2 Å². The minimum absolute atomic E-state index is 0.00507. The van der Waals surface area contributed by atoms with Crippen molar-refractivity contribution in [2.24, 2.45) is 0 Å². The number of hydrogen-bond donors (Lipinski definition) is 1. The van der Waals surface area contributed by atoms with Gasteiger partial charge in [0.05, 0.1) is 22.2 Å². The minimum Gasteiger partial charge on any atom is -0.376 e. The summed E-state index contributed by atoms with van der Waals surface area (Å²) in [6.45, 7) is 1.09. The van der Waals surface area contributed by atoms with Crippen molar-refractivity contribution in [2.45, 2.75) is 25.1 Å². The highest BCUT2D eigenvalue weighted by Gasteiger charge is 2.37. The van der Waals surface area contributed by atoms with Gasteiger partial charge in [0.1, 0.15) is 6.17 Å². The molecule has 2 aromatic carbocycles. The summed E-state index contributed by atoms with van der Waals surface area (Å²) < 4.78 is 5.70. The van der Waals surface area contributed by atoms with Gasteiger partial charge in [0.25, 0.3) is 11.6 Å². The molecule has 1 N–H and O–H groups in total. The first kappa shape index (κ1) is 16.5. The molecule has 4 rings (SSSR count). The Hall–Kier alpha value is -2.93. The molecule has 2 heterocycles. The molecule has 7 nitrogen and oxygen atoms in total. The predicted molar refractivity (Wildman–Crippen MR) is 95.9 cm³/mol. The average molecular weight is 353 g/mol. The predicted octanol–water partition coefficient (Wildman–Crippen LogP) is 3.34. The molecule has 2 atom stereocenters. The van der Waals surface area contributed by atoms with Crippen molar-refractivity contribution < 1.29 is 14.5 Å². The van der Waals surface area contributed by atoms with E-state index in [2.05, 4.69) is 5.32 Å². The number of nitrogens with one attached hydrogen (secondary N) is 1. The van der Waals surface area contributed by atoms with Crippen molar-refractivity contribution in [3.8, 4) is 0 Å². The molecule has 0 radical (unpaired) electrons. The Morgan fingerprint density at radius 2 is 1.96 bits per heavy atom. The molecule has 0 saturated carbocycles. The number of para-hydroxylation sites is 2. The molecular weight excluding hydrogens is 334 g/mol. The fourth-order valence-electron chi connectivity index (χ4n) is 3.62. The van der Waals surface area contributed by atoms with Crippen LogP contribution < -0.4 is 5.32 Å². The molecule has 134 valence electrons. The number of amides is 1. The van der Waals surface area contributed by atoms with Crippen molar-refractivity contribution >= 4 is 17.3 Å². The summed E-state index contributed by atoms with van der Waals surface area (Å²) in [5.41, 5.74) is 1.72. The van der Waals surface area contributed by atoms with Crippen LogP contribution >= 0.6 is 0 Å². The van der Waals surface area contributed by atoms with Crippen molar-refractivity contribution in [3.05, 3.63) is 69.8 Å². The summed E-state index contributed by atoms with van der Waals surface area (Å²) in [7, 11) is 0. The van der Waals surface area contributed by atoms with Gasteiger partial charge in [0, 0.05) is 24.9 Å². The molecule has 2 aliphatic heterocycles. The highest BCUT2D eigenvalue weighted by atomic mass is 16.6. The third-order valence-corrected chi connectivity index (χ3v) is 4.87. The van der Waals surface area contributed by atoms with Gasteiger partial charge >= 0.3 is 0 Å². The summed E-state index contributed by atoms with van der Waals surface area (Å²) >= 11 is 0. The first-order valence-electron chi connectivity index (χ1n) is 8.66. The number of rotatable bonds is 4. The molecule has 2 unspecified atom stereocenters. The Bertz CT molecular complexity index is 848. The Kier molecular flexibility index (Phi) is 4.30. The van der Waals surface area contributed by atoms with Gasteiger partial charge in [-0.05, 0) is 31.0 Å². The fourth-order valence-corrected chi connectivity index (χ4v) is 3.62. The zero-order valence-corrected chi connectivity index (χ0v) is 14.1. The summed E-state index contributed by atoms with van der Waals surface area (Å²) in [5.74, 6) is -0.141. The largest absolute Gasteiger partial charge is 0.376 e. The maximum absolute atomic E-state index is 13.1. The van der Waals surface area contributed by atoms with Gasteiger partial charge in [-0.25, -0.2) is 0 Å². The lowest BCUT2D eigenvalue weighted by Crippen LogP contribution is -2.46. The van der Waals surface area contributed by atoms with Gasteiger partial charge < -0.3 is 15.0 Å². The van der Waals surface area contributed by atoms with E-state index in [1.807, 2.05) is 18.2 Å². The molecule has 0 spiro atoms. The molecule has 1 amide bonds. The maximum Gasteiger partial charge on any atom is 0.276 e. The Balaban J connectivity index is 1.77. The highest BCUT2D eigenvalue weighted by molar-refractivity contribution is 6.01. The highest BCUT2D eigenvalue weighted by Crippen LogP contribution is 2.37. The van der Waals surface area contributed by atoms with Crippen molar-refractivity contribution in [1.29, 1.82) is 0 Å². The van der Waals surface area contributed by atoms with Crippen LogP contribution in [0, 0.1) is 10.1 Å². The summed E-state index contributed by atoms with van der Waals surface area (Å²) in [4.78, 5) is 25.9. The first-order valence-corrected chi connectivity index (χ1v) is 8.66. The maximum atomic E-state index is 13.1. The molecule has 26 heavy (non-hydrogen) atoms. The number of nitro groups is 1. The van der Waals surface area contributed by atoms with Crippen LogP contribution in [-0.2, 0) is 4.74 Å². The van der Waals surface area contributed by atoms with Crippen LogP contribution in [0.3, 0.4) is 0 Å². The summed E-state index contributed by atoms with van der Waals surface area (Å²) in [6, 6.07) is 13.8. The molecule has 1 saturated heterocycles. The molecule has 0 bridgehead atoms. The molecule has 0 aliphatic carbocycles. The van der Waals surface area contributed by atoms with E-state index in [4.69, 9.17) is 4.74 Å². The van der Waals surface area contributed by atoms with Crippen LogP contribution in [0.25, 0.3) is 0 Å². The molecule has 2 aliphatic rings. The van der Waals surface area contributed by atoms with Crippen molar-refractivity contribution in [1.82, 2.24) is 4.90 Å². The summed E-state index contributed by atoms with van der Waals surface area (Å²) in [5, 5.41) is 14.8. The number of fused-ring (bicyclic) bond motifs is 1. The van der Waals surface area contributed by atoms with Gasteiger partial charge in [-0.1, -0.05) is 24.3 Å². The zero-order valence-electron chi connectivity index (χ0n) is 14.1. The quantitative estimate of drug-likeness (QED) is 0.673. The summed E-state index contributed by atoms with van der Waals surface area (Å²) in [6.07, 6.45) is 1.20. The van der Waals surface area contributed by atoms with Gasteiger partial charge in [-0.2, -0.15) is 0 Å². The molecular formula is C19H19N3O4. The first-order chi connectivity index (χ1) is 12.6. The lowest BCUT2D eigenvalue weighted by Gasteiger charge is -2.38. The standard InChI is InChI=1S/C19H19N3O4/c23-19-14-7-1-3-9-16(14)20-18(21(19)12-13-6-5-11-26-13)15-8-2-4-10-17(15)22(24)25/h1-4,7-10,13,18,20H,5-6,11-12H2. The zero-order chi connectivity index (χ0) is 18.1. The lowest BCUT2D eigenvalue weighted by atomic mass is 10.0. The number of carbonyl (C=O) groups excluding carboxylic acids is 1. The minimum atomic E-state index is -0.608. The topological polar surface area (TPSA) is 84.7 Å². The molecule has 1 fully saturated rings. The van der Waals surface area contributed by atoms with Crippen LogP contribution in [0.4, 0.5) is 11.4 Å². The number of anilines is 1. The van der Waals surface area contributed by atoms with E-state index < -0.39 is 11.1 Å². The number of benzene rings is 2. The van der Waals surface area contributed by atoms with Crippen LogP contribution in [0.15, 0.2) is 48.5 Å². The van der Waals surface area contributed by atoms with E-state index >= 15 is 0 Å².